The summed E-state index contributed by atoms with van der Waals surface area (Å²) in [4.78, 5) is 11.8. The molecule has 3 aromatic rings. The molecule has 0 saturated carbocycles. The van der Waals surface area contributed by atoms with E-state index in [9.17, 15) is 4.79 Å². The van der Waals surface area contributed by atoms with Crippen LogP contribution in [0.25, 0.3) is 11.3 Å². The summed E-state index contributed by atoms with van der Waals surface area (Å²) in [7, 11) is 0. The van der Waals surface area contributed by atoms with Crippen molar-refractivity contribution in [2.75, 3.05) is 6.61 Å². The topological polar surface area (TPSA) is 63.8 Å². The maximum Gasteiger partial charge on any atom is 0.277 e. The van der Waals surface area contributed by atoms with Gasteiger partial charge < -0.3 is 9.15 Å². The van der Waals surface area contributed by atoms with Gasteiger partial charge in [0.25, 0.3) is 5.91 Å². The Balaban J connectivity index is 1.51. The third kappa shape index (κ3) is 5.09. The van der Waals surface area contributed by atoms with Crippen LogP contribution in [0.3, 0.4) is 0 Å². The van der Waals surface area contributed by atoms with Crippen molar-refractivity contribution in [3.05, 3.63) is 75.0 Å². The van der Waals surface area contributed by atoms with Gasteiger partial charge in [-0.15, -0.1) is 0 Å². The minimum absolute atomic E-state index is 0.187. The molecular weight excluding hydrogens is 467 g/mol. The molecule has 2 aromatic carbocycles. The number of nitrogens with one attached hydrogen (secondary N) is 1. The van der Waals surface area contributed by atoms with Gasteiger partial charge in [-0.3, -0.25) is 4.79 Å². The van der Waals surface area contributed by atoms with Crippen molar-refractivity contribution < 1.29 is 13.9 Å². The van der Waals surface area contributed by atoms with Gasteiger partial charge in [0.2, 0.25) is 0 Å². The molecule has 3 rings (SSSR count). The number of halogens is 2. The third-order valence-corrected chi connectivity index (χ3v) is 4.36. The lowest BCUT2D eigenvalue weighted by Crippen LogP contribution is -2.24. The number of ether oxygens (including phenoxy) is 1. The summed E-state index contributed by atoms with van der Waals surface area (Å²) in [6.07, 6.45) is 1.43. The molecule has 0 fully saturated rings. The molecule has 5 nitrogen and oxygen atoms in total. The standard InChI is InChI=1S/C19H14ClIN2O3/c20-16-3-1-2-4-18(16)25-12-19(24)23-22-11-15-9-10-17(26-15)13-5-7-14(21)8-6-13/h1-11H,12H2,(H,23,24)/b22-11+. The number of benzene rings is 2. The summed E-state index contributed by atoms with van der Waals surface area (Å²) in [6.45, 7) is -0.187. The third-order valence-electron chi connectivity index (χ3n) is 3.33. The van der Waals surface area contributed by atoms with Crippen molar-refractivity contribution >= 4 is 46.3 Å². The lowest BCUT2D eigenvalue weighted by Gasteiger charge is -2.06. The van der Waals surface area contributed by atoms with E-state index in [4.69, 9.17) is 20.8 Å². The van der Waals surface area contributed by atoms with Crippen LogP contribution in [0.5, 0.6) is 5.75 Å². The van der Waals surface area contributed by atoms with E-state index >= 15 is 0 Å². The Hall–Kier alpha value is -2.32. The van der Waals surface area contributed by atoms with Gasteiger partial charge in [-0.05, 0) is 59.0 Å². The maximum atomic E-state index is 11.8. The van der Waals surface area contributed by atoms with Crippen LogP contribution in [0.15, 0.2) is 70.2 Å². The summed E-state index contributed by atoms with van der Waals surface area (Å²) in [5, 5.41) is 4.31. The molecule has 1 N–H and O–H groups in total. The largest absolute Gasteiger partial charge is 0.482 e. The molecule has 0 aliphatic heterocycles. The van der Waals surface area contributed by atoms with Crippen LogP contribution in [-0.2, 0) is 4.79 Å². The van der Waals surface area contributed by atoms with E-state index in [1.807, 2.05) is 30.3 Å². The quantitative estimate of drug-likeness (QED) is 0.315. The van der Waals surface area contributed by atoms with Gasteiger partial charge in [0.05, 0.1) is 11.2 Å². The van der Waals surface area contributed by atoms with E-state index in [-0.39, 0.29) is 6.61 Å². The van der Waals surface area contributed by atoms with Crippen molar-refractivity contribution in [3.8, 4) is 17.1 Å². The van der Waals surface area contributed by atoms with Crippen LogP contribution >= 0.6 is 34.2 Å². The predicted molar refractivity (Wildman–Crippen MR) is 110 cm³/mol. The minimum atomic E-state index is -0.398. The van der Waals surface area contributed by atoms with Gasteiger partial charge in [0.1, 0.15) is 17.3 Å². The first kappa shape index (κ1) is 18.5. The molecule has 0 aliphatic carbocycles. The molecule has 1 amide bonds. The zero-order chi connectivity index (χ0) is 18.4. The summed E-state index contributed by atoms with van der Waals surface area (Å²) >= 11 is 8.20. The maximum absolute atomic E-state index is 11.8. The number of carbonyl (C=O) groups excluding carboxylic acids is 1. The van der Waals surface area contributed by atoms with Crippen LogP contribution in [-0.4, -0.2) is 18.7 Å². The Morgan fingerprint density at radius 2 is 1.92 bits per heavy atom. The monoisotopic (exact) mass is 480 g/mol. The molecule has 0 bridgehead atoms. The highest BCUT2D eigenvalue weighted by molar-refractivity contribution is 14.1. The Kier molecular flexibility index (Phi) is 6.30. The van der Waals surface area contributed by atoms with Crippen molar-refractivity contribution in [1.82, 2.24) is 5.43 Å². The number of carbonyl (C=O) groups is 1. The highest BCUT2D eigenvalue weighted by Crippen LogP contribution is 2.23. The predicted octanol–water partition coefficient (Wildman–Crippen LogP) is 4.73. The fourth-order valence-corrected chi connectivity index (χ4v) is 2.65. The van der Waals surface area contributed by atoms with Crippen LogP contribution < -0.4 is 10.2 Å². The molecular formula is C19H14ClIN2O3. The van der Waals surface area contributed by atoms with Gasteiger partial charge >= 0.3 is 0 Å². The highest BCUT2D eigenvalue weighted by Gasteiger charge is 2.05. The molecule has 0 spiro atoms. The number of furan rings is 1. The first-order valence-corrected chi connectivity index (χ1v) is 9.12. The summed E-state index contributed by atoms with van der Waals surface area (Å²) < 4.78 is 12.2. The number of rotatable bonds is 6. The first-order valence-electron chi connectivity index (χ1n) is 7.67. The summed E-state index contributed by atoms with van der Waals surface area (Å²) in [6, 6.07) is 18.5. The molecule has 1 heterocycles. The molecule has 0 unspecified atom stereocenters. The number of para-hydroxylation sites is 1. The first-order chi connectivity index (χ1) is 12.6. The second kappa shape index (κ2) is 8.86. The van der Waals surface area contributed by atoms with Crippen LogP contribution in [0.2, 0.25) is 5.02 Å². The van der Waals surface area contributed by atoms with Crippen molar-refractivity contribution in [3.63, 3.8) is 0 Å². The molecule has 0 saturated heterocycles. The lowest BCUT2D eigenvalue weighted by atomic mass is 10.2. The lowest BCUT2D eigenvalue weighted by molar-refractivity contribution is -0.123. The van der Waals surface area contributed by atoms with Crippen LogP contribution in [0.1, 0.15) is 5.76 Å². The highest BCUT2D eigenvalue weighted by atomic mass is 127. The van der Waals surface area contributed by atoms with E-state index in [1.165, 1.54) is 6.21 Å². The smallest absolute Gasteiger partial charge is 0.277 e. The van der Waals surface area contributed by atoms with E-state index < -0.39 is 5.91 Å². The molecule has 0 atom stereocenters. The van der Waals surface area contributed by atoms with Gasteiger partial charge in [-0.1, -0.05) is 35.9 Å². The molecule has 26 heavy (non-hydrogen) atoms. The van der Waals surface area contributed by atoms with E-state index in [1.54, 1.807) is 30.3 Å². The average Bonchev–Trinajstić information content (AvgIpc) is 3.10. The SMILES string of the molecule is O=C(COc1ccccc1Cl)N/N=C/c1ccc(-c2ccc(I)cc2)o1. The molecule has 0 radical (unpaired) electrons. The molecule has 0 aliphatic rings. The second-order valence-electron chi connectivity index (χ2n) is 5.22. The van der Waals surface area contributed by atoms with E-state index in [0.29, 0.717) is 16.5 Å². The normalized spacial score (nSPS) is 10.8. The number of hydrazone groups is 1. The van der Waals surface area contributed by atoms with Crippen molar-refractivity contribution in [2.24, 2.45) is 5.10 Å². The summed E-state index contributed by atoms with van der Waals surface area (Å²) in [5.74, 6) is 1.31. The molecule has 1 aromatic heterocycles. The van der Waals surface area contributed by atoms with Gasteiger partial charge in [-0.2, -0.15) is 5.10 Å². The average molecular weight is 481 g/mol. The number of hydrogen-bond acceptors (Lipinski definition) is 4. The van der Waals surface area contributed by atoms with Crippen molar-refractivity contribution in [2.45, 2.75) is 0 Å². The molecule has 7 heteroatoms. The van der Waals surface area contributed by atoms with E-state index in [2.05, 4.69) is 33.1 Å². The minimum Gasteiger partial charge on any atom is -0.482 e. The zero-order valence-corrected chi connectivity index (χ0v) is 16.4. The Morgan fingerprint density at radius 3 is 2.69 bits per heavy atom. The van der Waals surface area contributed by atoms with Crippen LogP contribution in [0, 0.1) is 3.57 Å². The zero-order valence-electron chi connectivity index (χ0n) is 13.5. The van der Waals surface area contributed by atoms with Gasteiger partial charge in [-0.25, -0.2) is 5.43 Å². The van der Waals surface area contributed by atoms with Crippen LogP contribution in [0.4, 0.5) is 0 Å². The van der Waals surface area contributed by atoms with Gasteiger partial charge in [0.15, 0.2) is 6.61 Å². The molecule has 132 valence electrons. The van der Waals surface area contributed by atoms with Gasteiger partial charge in [0, 0.05) is 9.13 Å². The van der Waals surface area contributed by atoms with E-state index in [0.717, 1.165) is 14.9 Å². The number of amides is 1. The fourth-order valence-electron chi connectivity index (χ4n) is 2.10. The van der Waals surface area contributed by atoms with Crippen molar-refractivity contribution in [1.29, 1.82) is 0 Å². The number of nitrogens with zero attached hydrogens (tertiary/aromatic N) is 1. The fraction of sp³-hybridized carbons (Fsp3) is 0.0526. The summed E-state index contributed by atoms with van der Waals surface area (Å²) in [5.41, 5.74) is 3.35. The Bertz CT molecular complexity index is 923. The Labute approximate surface area is 169 Å². The number of hydrogen-bond donors (Lipinski definition) is 1. The second-order valence-corrected chi connectivity index (χ2v) is 6.87. The Morgan fingerprint density at radius 1 is 1.15 bits per heavy atom.